The van der Waals surface area contributed by atoms with Crippen molar-refractivity contribution in [3.05, 3.63) is 23.8 Å². The van der Waals surface area contributed by atoms with Gasteiger partial charge in [-0.1, -0.05) is 6.07 Å². The van der Waals surface area contributed by atoms with Crippen molar-refractivity contribution in [3.8, 4) is 11.5 Å². The maximum Gasteiger partial charge on any atom is 0.237 e. The van der Waals surface area contributed by atoms with Gasteiger partial charge >= 0.3 is 0 Å². The van der Waals surface area contributed by atoms with Crippen molar-refractivity contribution >= 4 is 5.91 Å². The molecule has 0 radical (unpaired) electrons. The molecule has 1 aromatic carbocycles. The van der Waals surface area contributed by atoms with Crippen molar-refractivity contribution in [3.63, 3.8) is 0 Å². The minimum Gasteiger partial charge on any atom is -0.493 e. The number of carbonyl (C=O) groups is 1. The molecule has 1 aliphatic rings. The minimum absolute atomic E-state index is 0.0609. The topological polar surface area (TPSA) is 82.8 Å². The fourth-order valence-electron chi connectivity index (χ4n) is 2.95. The number of nitrogens with one attached hydrogen (secondary N) is 1. The van der Waals surface area contributed by atoms with E-state index in [1.165, 1.54) is 0 Å². The van der Waals surface area contributed by atoms with Crippen LogP contribution in [-0.4, -0.2) is 45.9 Å². The summed E-state index contributed by atoms with van der Waals surface area (Å²) in [6.45, 7) is 2.01. The molecule has 2 rings (SSSR count). The van der Waals surface area contributed by atoms with Gasteiger partial charge in [-0.25, -0.2) is 0 Å². The second-order valence-electron chi connectivity index (χ2n) is 6.06. The Morgan fingerprint density at radius 2 is 2.00 bits per heavy atom. The van der Waals surface area contributed by atoms with Crippen LogP contribution in [0.25, 0.3) is 0 Å². The van der Waals surface area contributed by atoms with Gasteiger partial charge in [-0.15, -0.1) is 0 Å². The number of nitrogens with two attached hydrogens (primary N) is 1. The zero-order chi connectivity index (χ0) is 17.4. The smallest absolute Gasteiger partial charge is 0.237 e. The van der Waals surface area contributed by atoms with Gasteiger partial charge in [0, 0.05) is 19.8 Å². The van der Waals surface area contributed by atoms with Crippen LogP contribution in [0.2, 0.25) is 0 Å². The van der Waals surface area contributed by atoms with Crippen LogP contribution in [0.1, 0.15) is 24.8 Å². The summed E-state index contributed by atoms with van der Waals surface area (Å²) in [6, 6.07) is 5.44. The van der Waals surface area contributed by atoms with E-state index in [1.807, 2.05) is 18.2 Å². The minimum atomic E-state index is -0.435. The van der Waals surface area contributed by atoms with Crippen molar-refractivity contribution < 1.29 is 19.0 Å². The van der Waals surface area contributed by atoms with Gasteiger partial charge in [0.1, 0.15) is 0 Å². The Morgan fingerprint density at radius 1 is 1.29 bits per heavy atom. The molecule has 1 heterocycles. The maximum atomic E-state index is 12.1. The highest BCUT2D eigenvalue weighted by molar-refractivity contribution is 5.81. The first kappa shape index (κ1) is 18.5. The molecule has 1 amide bonds. The molecule has 1 fully saturated rings. The van der Waals surface area contributed by atoms with Gasteiger partial charge in [-0.2, -0.15) is 0 Å². The van der Waals surface area contributed by atoms with Crippen LogP contribution in [0, 0.1) is 5.92 Å². The van der Waals surface area contributed by atoms with Gasteiger partial charge in [0.05, 0.1) is 20.3 Å². The molecule has 6 heteroatoms. The molecular weight excluding hydrogens is 308 g/mol. The van der Waals surface area contributed by atoms with Gasteiger partial charge < -0.3 is 25.3 Å². The molecule has 0 spiro atoms. The second kappa shape index (κ2) is 9.49. The van der Waals surface area contributed by atoms with E-state index in [9.17, 15) is 4.79 Å². The summed E-state index contributed by atoms with van der Waals surface area (Å²) in [5, 5.41) is 2.94. The van der Waals surface area contributed by atoms with E-state index >= 15 is 0 Å². The van der Waals surface area contributed by atoms with Crippen molar-refractivity contribution in [2.75, 3.05) is 34.0 Å². The summed E-state index contributed by atoms with van der Waals surface area (Å²) < 4.78 is 15.8. The number of carbonyl (C=O) groups excluding carboxylic acids is 1. The summed E-state index contributed by atoms with van der Waals surface area (Å²) >= 11 is 0. The Bertz CT molecular complexity index is 530. The highest BCUT2D eigenvalue weighted by atomic mass is 16.5. The van der Waals surface area contributed by atoms with Crippen LogP contribution in [0.3, 0.4) is 0 Å². The first-order valence-electron chi connectivity index (χ1n) is 8.47. The van der Waals surface area contributed by atoms with Gasteiger partial charge in [0.25, 0.3) is 0 Å². The lowest BCUT2D eigenvalue weighted by atomic mass is 9.92. The number of aryl methyl sites for hydroxylation is 1. The number of amides is 1. The van der Waals surface area contributed by atoms with E-state index in [4.69, 9.17) is 19.9 Å². The third-order valence-corrected chi connectivity index (χ3v) is 4.47. The molecule has 24 heavy (non-hydrogen) atoms. The largest absolute Gasteiger partial charge is 0.493 e. The molecule has 1 atom stereocenters. The number of hydrogen-bond donors (Lipinski definition) is 2. The molecule has 6 nitrogen and oxygen atoms in total. The van der Waals surface area contributed by atoms with Crippen LogP contribution in [0.15, 0.2) is 18.2 Å². The molecule has 0 aromatic heterocycles. The Labute approximate surface area is 143 Å². The van der Waals surface area contributed by atoms with E-state index in [2.05, 4.69) is 5.32 Å². The predicted octanol–water partition coefficient (Wildman–Crippen LogP) is 1.51. The second-order valence-corrected chi connectivity index (χ2v) is 6.06. The number of rotatable bonds is 8. The lowest BCUT2D eigenvalue weighted by molar-refractivity contribution is -0.124. The Kier molecular flexibility index (Phi) is 7.34. The van der Waals surface area contributed by atoms with Gasteiger partial charge in [-0.3, -0.25) is 4.79 Å². The summed E-state index contributed by atoms with van der Waals surface area (Å²) in [5.74, 6) is 1.61. The maximum absolute atomic E-state index is 12.1. The van der Waals surface area contributed by atoms with E-state index in [0.717, 1.165) is 42.7 Å². The fourth-order valence-corrected chi connectivity index (χ4v) is 2.95. The van der Waals surface area contributed by atoms with Crippen LogP contribution >= 0.6 is 0 Å². The molecule has 1 saturated heterocycles. The summed E-state index contributed by atoms with van der Waals surface area (Å²) in [7, 11) is 3.24. The summed E-state index contributed by atoms with van der Waals surface area (Å²) in [5.41, 5.74) is 7.21. The molecule has 0 saturated carbocycles. The summed E-state index contributed by atoms with van der Waals surface area (Å²) in [4.78, 5) is 12.1. The number of ether oxygens (including phenoxy) is 3. The fraction of sp³-hybridized carbons (Fsp3) is 0.611. The zero-order valence-electron chi connectivity index (χ0n) is 14.5. The van der Waals surface area contributed by atoms with E-state index in [1.54, 1.807) is 14.2 Å². The molecule has 3 N–H and O–H groups in total. The molecule has 1 aromatic rings. The third kappa shape index (κ3) is 5.11. The molecule has 0 aliphatic carbocycles. The average Bonchev–Trinajstić information content (AvgIpc) is 2.64. The van der Waals surface area contributed by atoms with Gasteiger partial charge in [-0.05, 0) is 49.3 Å². The van der Waals surface area contributed by atoms with Crippen molar-refractivity contribution in [2.45, 2.75) is 31.7 Å². The number of benzene rings is 1. The van der Waals surface area contributed by atoms with Crippen LogP contribution in [0.5, 0.6) is 11.5 Å². The Morgan fingerprint density at radius 3 is 2.67 bits per heavy atom. The van der Waals surface area contributed by atoms with E-state index in [0.29, 0.717) is 19.8 Å². The third-order valence-electron chi connectivity index (χ3n) is 4.47. The number of hydrogen-bond acceptors (Lipinski definition) is 5. The van der Waals surface area contributed by atoms with Gasteiger partial charge in [0.15, 0.2) is 11.5 Å². The highest BCUT2D eigenvalue weighted by Crippen LogP contribution is 2.27. The first-order chi connectivity index (χ1) is 11.7. The molecule has 0 bridgehead atoms. The standard InChI is InChI=1S/C18H28N2O4/c1-22-15-6-5-13(12-16(15)23-2)4-3-9-20-18(21)17(19)14-7-10-24-11-8-14/h5-6,12,14,17H,3-4,7-11,19H2,1-2H3,(H,20,21). The van der Waals surface area contributed by atoms with E-state index < -0.39 is 6.04 Å². The summed E-state index contributed by atoms with van der Waals surface area (Å²) in [6.07, 6.45) is 3.43. The molecule has 134 valence electrons. The van der Waals surface area contributed by atoms with Gasteiger partial charge in [0.2, 0.25) is 5.91 Å². The van der Waals surface area contributed by atoms with Crippen LogP contribution in [-0.2, 0) is 16.0 Å². The quantitative estimate of drug-likeness (QED) is 0.703. The monoisotopic (exact) mass is 336 g/mol. The highest BCUT2D eigenvalue weighted by Gasteiger charge is 2.26. The van der Waals surface area contributed by atoms with Crippen molar-refractivity contribution in [1.29, 1.82) is 0 Å². The normalized spacial score (nSPS) is 16.5. The Hall–Kier alpha value is -1.79. The molecule has 1 unspecified atom stereocenters. The zero-order valence-corrected chi connectivity index (χ0v) is 14.5. The molecular formula is C18H28N2O4. The lowest BCUT2D eigenvalue weighted by Crippen LogP contribution is -2.47. The van der Waals surface area contributed by atoms with E-state index in [-0.39, 0.29) is 11.8 Å². The Balaban J connectivity index is 1.73. The SMILES string of the molecule is COc1ccc(CCCNC(=O)C(N)C2CCOCC2)cc1OC. The average molecular weight is 336 g/mol. The van der Waals surface area contributed by atoms with Crippen LogP contribution in [0.4, 0.5) is 0 Å². The lowest BCUT2D eigenvalue weighted by Gasteiger charge is -2.26. The predicted molar refractivity (Wildman–Crippen MR) is 92.4 cm³/mol. The van der Waals surface area contributed by atoms with Crippen molar-refractivity contribution in [2.24, 2.45) is 11.7 Å². The first-order valence-corrected chi connectivity index (χ1v) is 8.47. The van der Waals surface area contributed by atoms with Crippen molar-refractivity contribution in [1.82, 2.24) is 5.32 Å². The van der Waals surface area contributed by atoms with Crippen LogP contribution < -0.4 is 20.5 Å². The number of methoxy groups -OCH3 is 2. The molecule has 1 aliphatic heterocycles.